The van der Waals surface area contributed by atoms with Crippen molar-refractivity contribution in [2.75, 3.05) is 11.4 Å². The molecule has 1 heterocycles. The monoisotopic (exact) mass is 508 g/mol. The van der Waals surface area contributed by atoms with Gasteiger partial charge in [-0.15, -0.1) is 0 Å². The van der Waals surface area contributed by atoms with E-state index in [1.165, 1.54) is 0 Å². The largest absolute Gasteiger partial charge is 0.477 e. The van der Waals surface area contributed by atoms with E-state index in [4.69, 9.17) is 4.99 Å². The van der Waals surface area contributed by atoms with Gasteiger partial charge in [0.1, 0.15) is 5.70 Å². The van der Waals surface area contributed by atoms with E-state index in [2.05, 4.69) is 54.3 Å². The number of fused-ring (bicyclic) bond motifs is 1. The molecule has 5 heteroatoms. The molecule has 4 nitrogen and oxygen atoms in total. The Morgan fingerprint density at radius 1 is 0.795 bits per heavy atom. The fourth-order valence-electron chi connectivity index (χ4n) is 4.93. The zero-order chi connectivity index (χ0) is 27.0. The Bertz CT molecular complexity index is 1520. The smallest absolute Gasteiger partial charge is 0.354 e. The lowest BCUT2D eigenvalue weighted by molar-refractivity contribution is -0.132. The van der Waals surface area contributed by atoms with Gasteiger partial charge in [0, 0.05) is 23.5 Å². The number of aliphatic carboxylic acids is 1. The van der Waals surface area contributed by atoms with Crippen molar-refractivity contribution < 1.29 is 9.90 Å². The molecule has 0 spiro atoms. The second-order valence-corrected chi connectivity index (χ2v) is 9.20. The number of carboxylic acid groups (broad SMARTS) is 1. The minimum absolute atomic E-state index is 0.0264. The second kappa shape index (κ2) is 12.1. The molecule has 4 aromatic carbocycles. The Kier molecular flexibility index (Phi) is 7.99. The zero-order valence-corrected chi connectivity index (χ0v) is 21.8. The molecule has 39 heavy (non-hydrogen) atoms. The summed E-state index contributed by atoms with van der Waals surface area (Å²) in [7, 11) is 0. The van der Waals surface area contributed by atoms with Gasteiger partial charge in [0.25, 0.3) is 6.71 Å². The number of hydrogen-bond donors (Lipinski definition) is 1. The summed E-state index contributed by atoms with van der Waals surface area (Å²) in [4.78, 5) is 19.6. The third-order valence-corrected chi connectivity index (χ3v) is 6.77. The molecule has 0 aromatic heterocycles. The minimum atomic E-state index is -1.08. The number of benzene rings is 4. The Labute approximate surface area is 230 Å². The van der Waals surface area contributed by atoms with E-state index in [0.29, 0.717) is 5.61 Å². The topological polar surface area (TPSA) is 52.9 Å². The molecule has 0 saturated carbocycles. The van der Waals surface area contributed by atoms with E-state index in [0.717, 1.165) is 40.0 Å². The first kappa shape index (κ1) is 25.7. The van der Waals surface area contributed by atoms with Crippen molar-refractivity contribution in [1.29, 1.82) is 0 Å². The fraction of sp³-hybridized carbons (Fsp3) is 0.0588. The molecule has 0 unspecified atom stereocenters. The van der Waals surface area contributed by atoms with Crippen LogP contribution in [0.3, 0.4) is 0 Å². The molecule has 5 rings (SSSR count). The molecule has 0 amide bonds. The number of likely N-dealkylation sites (N-methyl/N-ethyl adjacent to an activating group) is 1. The van der Waals surface area contributed by atoms with Gasteiger partial charge in [-0.25, -0.2) is 4.79 Å². The minimum Gasteiger partial charge on any atom is -0.477 e. The summed E-state index contributed by atoms with van der Waals surface area (Å²) in [6, 6.07) is 38.2. The van der Waals surface area contributed by atoms with Crippen molar-refractivity contribution in [3.05, 3.63) is 156 Å². The molecule has 0 aliphatic carbocycles. The molecule has 4 aromatic rings. The van der Waals surface area contributed by atoms with Gasteiger partial charge in [-0.2, -0.15) is 0 Å². The van der Waals surface area contributed by atoms with E-state index in [9.17, 15) is 9.90 Å². The predicted octanol–water partition coefficient (Wildman–Crippen LogP) is 5.73. The molecular formula is C34H29BN2O2. The van der Waals surface area contributed by atoms with Gasteiger partial charge in [0.05, 0.1) is 0 Å². The highest BCUT2D eigenvalue weighted by molar-refractivity contribution is 7.10. The lowest BCUT2D eigenvalue weighted by atomic mass is 9.36. The van der Waals surface area contributed by atoms with Gasteiger partial charge in [-0.05, 0) is 42.3 Å². The molecule has 0 radical (unpaired) electrons. The average Bonchev–Trinajstić information content (AvgIpc) is 2.99. The van der Waals surface area contributed by atoms with Crippen LogP contribution in [0.1, 0.15) is 18.1 Å². The van der Waals surface area contributed by atoms with Crippen LogP contribution in [0.5, 0.6) is 0 Å². The van der Waals surface area contributed by atoms with Gasteiger partial charge in [0.2, 0.25) is 0 Å². The number of aliphatic imine (C=N–C) groups is 1. The van der Waals surface area contributed by atoms with Crippen molar-refractivity contribution in [1.82, 2.24) is 0 Å². The van der Waals surface area contributed by atoms with Crippen LogP contribution in [0.25, 0.3) is 6.08 Å². The van der Waals surface area contributed by atoms with Crippen LogP contribution in [0.15, 0.2) is 150 Å². The lowest BCUT2D eigenvalue weighted by Gasteiger charge is -2.29. The summed E-state index contributed by atoms with van der Waals surface area (Å²) in [5, 5.41) is 10.3. The number of hydrogen-bond acceptors (Lipinski definition) is 3. The summed E-state index contributed by atoms with van der Waals surface area (Å²) in [5.74, 6) is -1.08. The van der Waals surface area contributed by atoms with Crippen LogP contribution in [-0.4, -0.2) is 29.9 Å². The van der Waals surface area contributed by atoms with Crippen molar-refractivity contribution in [2.24, 2.45) is 4.99 Å². The highest BCUT2D eigenvalue weighted by Gasteiger charge is 2.27. The summed E-state index contributed by atoms with van der Waals surface area (Å²) in [6.45, 7) is 2.59. The third kappa shape index (κ3) is 5.83. The highest BCUT2D eigenvalue weighted by atomic mass is 16.4. The third-order valence-electron chi connectivity index (χ3n) is 6.77. The predicted molar refractivity (Wildman–Crippen MR) is 163 cm³/mol. The molecular weight excluding hydrogens is 479 g/mol. The second-order valence-electron chi connectivity index (χ2n) is 9.20. The van der Waals surface area contributed by atoms with Crippen molar-refractivity contribution in [3.63, 3.8) is 0 Å². The maximum absolute atomic E-state index is 12.5. The van der Waals surface area contributed by atoms with E-state index < -0.39 is 5.97 Å². The van der Waals surface area contributed by atoms with Crippen molar-refractivity contribution >= 4 is 41.0 Å². The van der Waals surface area contributed by atoms with E-state index in [1.807, 2.05) is 91.0 Å². The zero-order valence-electron chi connectivity index (χ0n) is 21.8. The summed E-state index contributed by atoms with van der Waals surface area (Å²) < 4.78 is 0. The van der Waals surface area contributed by atoms with Crippen LogP contribution >= 0.6 is 0 Å². The molecule has 0 fully saturated rings. The van der Waals surface area contributed by atoms with E-state index >= 15 is 0 Å². The number of allylic oxidation sites excluding steroid dienone is 3. The lowest BCUT2D eigenvalue weighted by Crippen LogP contribution is -2.49. The maximum atomic E-state index is 12.5. The summed E-state index contributed by atoms with van der Waals surface area (Å²) >= 11 is 0. The van der Waals surface area contributed by atoms with Gasteiger partial charge in [-0.3, -0.25) is 4.99 Å². The maximum Gasteiger partial charge on any atom is 0.354 e. The highest BCUT2D eigenvalue weighted by Crippen LogP contribution is 2.30. The molecule has 1 aliphatic heterocycles. The number of anilines is 1. The molecule has 190 valence electrons. The Morgan fingerprint density at radius 2 is 1.36 bits per heavy atom. The molecule has 0 bridgehead atoms. The molecule has 0 atom stereocenters. The normalized spacial score (nSPS) is 14.3. The van der Waals surface area contributed by atoms with Crippen LogP contribution in [0, 0.1) is 0 Å². The summed E-state index contributed by atoms with van der Waals surface area (Å²) in [6.07, 6.45) is 7.52. The first-order valence-corrected chi connectivity index (χ1v) is 13.1. The Hall–Kier alpha value is -4.90. The number of carboxylic acids is 1. The number of carbonyl (C=O) groups is 1. The number of nitrogens with zero attached hydrogens (tertiary/aromatic N) is 2. The van der Waals surface area contributed by atoms with Crippen LogP contribution in [0.4, 0.5) is 5.69 Å². The SMILES string of the molecule is CCN1\C(=C/C=C(\N=C(\B(c2ccccc2)c2ccccc2)c2ccccc2)C(=O)O)C=Cc2ccccc21. The first-order valence-electron chi connectivity index (χ1n) is 13.1. The van der Waals surface area contributed by atoms with Crippen LogP contribution < -0.4 is 15.8 Å². The van der Waals surface area contributed by atoms with Crippen LogP contribution in [0.2, 0.25) is 0 Å². The Balaban J connectivity index is 1.65. The first-order chi connectivity index (χ1) is 19.2. The van der Waals surface area contributed by atoms with Crippen LogP contribution in [-0.2, 0) is 4.79 Å². The van der Waals surface area contributed by atoms with E-state index in [-0.39, 0.29) is 12.4 Å². The molecule has 1 N–H and O–H groups in total. The van der Waals surface area contributed by atoms with Crippen molar-refractivity contribution in [3.8, 4) is 0 Å². The summed E-state index contributed by atoms with van der Waals surface area (Å²) in [5.41, 5.74) is 6.75. The van der Waals surface area contributed by atoms with Gasteiger partial charge in [-0.1, -0.05) is 126 Å². The van der Waals surface area contributed by atoms with Gasteiger partial charge >= 0.3 is 5.97 Å². The van der Waals surface area contributed by atoms with Crippen molar-refractivity contribution in [2.45, 2.75) is 6.92 Å². The average molecular weight is 508 g/mol. The Morgan fingerprint density at radius 3 is 1.95 bits per heavy atom. The number of para-hydroxylation sites is 1. The standard InChI is InChI=1S/C34H29BN2O2/c1-2-37-30(23-22-26-14-12-13-21-32(26)37)24-25-31(34(38)39)36-33(27-15-6-3-7-16-27)35(28-17-8-4-9-18-28)29-19-10-5-11-20-29/h3-25H,2H2,1H3,(H,38,39)/b30-24-,31-25-,36-33+. The van der Waals surface area contributed by atoms with Gasteiger partial charge in [0.15, 0.2) is 0 Å². The molecule has 1 aliphatic rings. The molecule has 0 saturated heterocycles. The van der Waals surface area contributed by atoms with E-state index in [1.54, 1.807) is 6.08 Å². The fourth-order valence-corrected chi connectivity index (χ4v) is 4.93. The number of rotatable bonds is 8. The van der Waals surface area contributed by atoms with Gasteiger partial charge < -0.3 is 10.0 Å². The quantitative estimate of drug-likeness (QED) is 0.188.